The molecule has 2 saturated carbocycles. The summed E-state index contributed by atoms with van der Waals surface area (Å²) < 4.78 is 0. The molecule has 1 amide bonds. The molecule has 1 aromatic carbocycles. The Kier molecular flexibility index (Phi) is 3.99. The van der Waals surface area contributed by atoms with Crippen LogP contribution in [0.2, 0.25) is 10.0 Å². The van der Waals surface area contributed by atoms with Crippen LogP contribution in [0.3, 0.4) is 0 Å². The van der Waals surface area contributed by atoms with E-state index in [4.69, 9.17) is 23.2 Å². The van der Waals surface area contributed by atoms with Crippen molar-refractivity contribution in [2.45, 2.75) is 25.7 Å². The SMILES string of the molecule is O=C(N/N=C\[C@H]1C[C@H]2CC[C@@H]1C2)c1ccc(Cl)c(Cl)c1. The van der Waals surface area contributed by atoms with Crippen molar-refractivity contribution in [2.75, 3.05) is 0 Å². The molecule has 0 radical (unpaired) electrons. The zero-order chi connectivity index (χ0) is 14.1. The number of nitrogens with one attached hydrogen (secondary N) is 1. The highest BCUT2D eigenvalue weighted by atomic mass is 35.5. The van der Waals surface area contributed by atoms with Crippen molar-refractivity contribution in [2.24, 2.45) is 22.9 Å². The van der Waals surface area contributed by atoms with Crippen LogP contribution in [0, 0.1) is 17.8 Å². The number of fused-ring (bicyclic) bond motifs is 2. The lowest BCUT2D eigenvalue weighted by Crippen LogP contribution is -2.20. The maximum absolute atomic E-state index is 11.9. The summed E-state index contributed by atoms with van der Waals surface area (Å²) in [5.41, 5.74) is 3.02. The first-order valence-corrected chi connectivity index (χ1v) is 7.67. The van der Waals surface area contributed by atoms with E-state index in [1.165, 1.54) is 25.7 Å². The van der Waals surface area contributed by atoms with E-state index >= 15 is 0 Å². The van der Waals surface area contributed by atoms with Crippen LogP contribution < -0.4 is 5.43 Å². The highest BCUT2D eigenvalue weighted by Gasteiger charge is 2.38. The standard InChI is InChI=1S/C15H16Cl2N2O/c16-13-4-3-11(7-14(13)17)15(20)19-18-8-12-6-9-1-2-10(12)5-9/h3-4,7-10,12H,1-2,5-6H2,(H,19,20)/b18-8-/t9-,10+,12+/m0/s1. The van der Waals surface area contributed by atoms with Crippen LogP contribution in [0.1, 0.15) is 36.0 Å². The molecule has 3 rings (SSSR count). The van der Waals surface area contributed by atoms with Gasteiger partial charge in [0, 0.05) is 11.8 Å². The molecule has 2 aliphatic carbocycles. The molecule has 1 aromatic rings. The lowest BCUT2D eigenvalue weighted by atomic mass is 9.90. The molecule has 5 heteroatoms. The molecular weight excluding hydrogens is 295 g/mol. The van der Waals surface area contributed by atoms with Gasteiger partial charge in [0.1, 0.15) is 0 Å². The molecule has 1 N–H and O–H groups in total. The van der Waals surface area contributed by atoms with Crippen LogP contribution in [0.25, 0.3) is 0 Å². The highest BCUT2D eigenvalue weighted by Crippen LogP contribution is 2.47. The van der Waals surface area contributed by atoms with Crippen molar-refractivity contribution in [3.05, 3.63) is 33.8 Å². The smallest absolute Gasteiger partial charge is 0.267 e. The van der Waals surface area contributed by atoms with Gasteiger partial charge in [0.2, 0.25) is 0 Å². The number of amides is 1. The number of rotatable bonds is 3. The van der Waals surface area contributed by atoms with Gasteiger partial charge in [-0.25, -0.2) is 5.43 Å². The van der Waals surface area contributed by atoms with E-state index in [1.54, 1.807) is 18.2 Å². The third-order valence-electron chi connectivity index (χ3n) is 4.41. The first-order chi connectivity index (χ1) is 9.63. The lowest BCUT2D eigenvalue weighted by Gasteiger charge is -2.16. The summed E-state index contributed by atoms with van der Waals surface area (Å²) >= 11 is 11.7. The van der Waals surface area contributed by atoms with Crippen molar-refractivity contribution >= 4 is 35.3 Å². The molecule has 3 atom stereocenters. The maximum Gasteiger partial charge on any atom is 0.271 e. The molecule has 0 spiro atoms. The number of hydrazone groups is 1. The van der Waals surface area contributed by atoms with Gasteiger partial charge in [0.25, 0.3) is 5.91 Å². The van der Waals surface area contributed by atoms with Crippen molar-refractivity contribution < 1.29 is 4.79 Å². The van der Waals surface area contributed by atoms with Crippen LogP contribution in [-0.2, 0) is 0 Å². The average molecular weight is 311 g/mol. The van der Waals surface area contributed by atoms with Crippen LogP contribution >= 0.6 is 23.2 Å². The molecule has 0 saturated heterocycles. The molecule has 0 aromatic heterocycles. The normalized spacial score (nSPS) is 28.2. The molecule has 2 aliphatic rings. The Labute approximate surface area is 128 Å². The maximum atomic E-state index is 11.9. The molecule has 3 nitrogen and oxygen atoms in total. The minimum Gasteiger partial charge on any atom is -0.267 e. The second-order valence-corrected chi connectivity index (χ2v) is 6.50. The predicted molar refractivity (Wildman–Crippen MR) is 81.4 cm³/mol. The summed E-state index contributed by atoms with van der Waals surface area (Å²) in [7, 11) is 0. The largest absolute Gasteiger partial charge is 0.271 e. The summed E-state index contributed by atoms with van der Waals surface area (Å²) in [6.45, 7) is 0. The fraction of sp³-hybridized carbons (Fsp3) is 0.467. The van der Waals surface area contributed by atoms with E-state index in [0.717, 1.165) is 11.8 Å². The summed E-state index contributed by atoms with van der Waals surface area (Å²) in [6.07, 6.45) is 7.13. The number of carbonyl (C=O) groups excluding carboxylic acids is 1. The van der Waals surface area contributed by atoms with Crippen LogP contribution in [-0.4, -0.2) is 12.1 Å². The first-order valence-electron chi connectivity index (χ1n) is 6.92. The van der Waals surface area contributed by atoms with Crippen LogP contribution in [0.5, 0.6) is 0 Å². The number of nitrogens with zero attached hydrogens (tertiary/aromatic N) is 1. The van der Waals surface area contributed by atoms with Crippen molar-refractivity contribution in [1.82, 2.24) is 5.43 Å². The summed E-state index contributed by atoms with van der Waals surface area (Å²) in [6, 6.07) is 4.79. The fourth-order valence-corrected chi connectivity index (χ4v) is 3.67. The van der Waals surface area contributed by atoms with Crippen molar-refractivity contribution in [3.63, 3.8) is 0 Å². The third-order valence-corrected chi connectivity index (χ3v) is 5.15. The second kappa shape index (κ2) is 5.74. The minimum absolute atomic E-state index is 0.261. The molecular formula is C15H16Cl2N2O. The Morgan fingerprint density at radius 2 is 2.10 bits per heavy atom. The van der Waals surface area contributed by atoms with Gasteiger partial charge in [-0.3, -0.25) is 4.79 Å². The van der Waals surface area contributed by atoms with E-state index in [9.17, 15) is 4.79 Å². The van der Waals surface area contributed by atoms with Gasteiger partial charge in [0.05, 0.1) is 10.0 Å². The zero-order valence-electron chi connectivity index (χ0n) is 11.0. The topological polar surface area (TPSA) is 41.5 Å². The molecule has 2 bridgehead atoms. The second-order valence-electron chi connectivity index (χ2n) is 5.69. The monoisotopic (exact) mass is 310 g/mol. The van der Waals surface area contributed by atoms with Crippen molar-refractivity contribution in [1.29, 1.82) is 0 Å². The molecule has 0 heterocycles. The third kappa shape index (κ3) is 2.84. The van der Waals surface area contributed by atoms with Crippen molar-refractivity contribution in [3.8, 4) is 0 Å². The zero-order valence-corrected chi connectivity index (χ0v) is 12.5. The van der Waals surface area contributed by atoms with Gasteiger partial charge in [0.15, 0.2) is 0 Å². The summed E-state index contributed by atoms with van der Waals surface area (Å²) in [4.78, 5) is 11.9. The molecule has 0 aliphatic heterocycles. The molecule has 0 unspecified atom stereocenters. The number of hydrogen-bond donors (Lipinski definition) is 1. The average Bonchev–Trinajstić information content (AvgIpc) is 3.04. The molecule has 20 heavy (non-hydrogen) atoms. The molecule has 2 fully saturated rings. The van der Waals surface area contributed by atoms with E-state index < -0.39 is 0 Å². The van der Waals surface area contributed by atoms with Gasteiger partial charge >= 0.3 is 0 Å². The minimum atomic E-state index is -0.261. The Hall–Kier alpha value is -1.06. The van der Waals surface area contributed by atoms with E-state index in [2.05, 4.69) is 10.5 Å². The van der Waals surface area contributed by atoms with E-state index in [1.807, 2.05) is 6.21 Å². The van der Waals surface area contributed by atoms with Crippen LogP contribution in [0.4, 0.5) is 0 Å². The van der Waals surface area contributed by atoms with Gasteiger partial charge in [-0.1, -0.05) is 29.6 Å². The first kappa shape index (κ1) is 13.9. The Morgan fingerprint density at radius 1 is 1.25 bits per heavy atom. The number of hydrogen-bond acceptors (Lipinski definition) is 2. The Balaban J connectivity index is 1.57. The molecule has 106 valence electrons. The highest BCUT2D eigenvalue weighted by molar-refractivity contribution is 6.42. The number of benzene rings is 1. The number of carbonyl (C=O) groups is 1. The van der Waals surface area contributed by atoms with Gasteiger partial charge < -0.3 is 0 Å². The predicted octanol–water partition coefficient (Wildman–Crippen LogP) is 4.15. The quantitative estimate of drug-likeness (QED) is 0.661. The fourth-order valence-electron chi connectivity index (χ4n) is 3.37. The van der Waals surface area contributed by atoms with E-state index in [0.29, 0.717) is 21.5 Å². The lowest BCUT2D eigenvalue weighted by molar-refractivity contribution is 0.0955. The van der Waals surface area contributed by atoms with Gasteiger partial charge in [-0.05, 0) is 55.2 Å². The van der Waals surface area contributed by atoms with Gasteiger partial charge in [-0.15, -0.1) is 0 Å². The summed E-state index contributed by atoms with van der Waals surface area (Å²) in [5.74, 6) is 1.92. The van der Waals surface area contributed by atoms with E-state index in [-0.39, 0.29) is 5.91 Å². The van der Waals surface area contributed by atoms with Gasteiger partial charge in [-0.2, -0.15) is 5.10 Å². The summed E-state index contributed by atoms with van der Waals surface area (Å²) in [5, 5.41) is 4.91. The van der Waals surface area contributed by atoms with Crippen LogP contribution in [0.15, 0.2) is 23.3 Å². The Bertz CT molecular complexity index is 559. The Morgan fingerprint density at radius 3 is 2.75 bits per heavy atom. The number of halogens is 2.